The van der Waals surface area contributed by atoms with Crippen LogP contribution in [0.4, 0.5) is 5.69 Å². The molecular weight excluding hydrogens is 226 g/mol. The second kappa shape index (κ2) is 4.12. The van der Waals surface area contributed by atoms with E-state index in [0.717, 1.165) is 11.3 Å². The highest BCUT2D eigenvalue weighted by Gasteiger charge is 2.36. The zero-order valence-electron chi connectivity index (χ0n) is 8.70. The van der Waals surface area contributed by atoms with Gasteiger partial charge in [0, 0.05) is 10.6 Å². The van der Waals surface area contributed by atoms with Crippen LogP contribution in [0.15, 0.2) is 18.2 Å². The minimum atomic E-state index is -0.401. The standard InChI is InChI=1S/C11H10ClN3O/c1-14-10-8-6-7(12)2-3-9(8)15(5-4-13)11(10)16/h2-3,6,10,14H,5H2,1H3. The molecule has 0 aliphatic carbocycles. The largest absolute Gasteiger partial charge is 0.305 e. The van der Waals surface area contributed by atoms with E-state index in [1.54, 1.807) is 25.2 Å². The SMILES string of the molecule is CNC1C(=O)N(CC#N)c2ccc(Cl)cc21. The average molecular weight is 236 g/mol. The molecule has 0 fully saturated rings. The highest BCUT2D eigenvalue weighted by atomic mass is 35.5. The molecular formula is C11H10ClN3O. The third-order valence-electron chi connectivity index (χ3n) is 2.62. The maximum absolute atomic E-state index is 12.0. The van der Waals surface area contributed by atoms with Gasteiger partial charge in [0.25, 0.3) is 0 Å². The fourth-order valence-electron chi connectivity index (χ4n) is 1.92. The number of benzene rings is 1. The molecule has 82 valence electrons. The van der Waals surface area contributed by atoms with E-state index in [2.05, 4.69) is 5.32 Å². The quantitative estimate of drug-likeness (QED) is 0.790. The van der Waals surface area contributed by atoms with E-state index < -0.39 is 6.04 Å². The third kappa shape index (κ3) is 1.54. The molecule has 1 aliphatic rings. The Balaban J connectivity index is 2.51. The van der Waals surface area contributed by atoms with Gasteiger partial charge in [-0.15, -0.1) is 0 Å². The molecule has 2 rings (SSSR count). The first-order valence-electron chi connectivity index (χ1n) is 4.84. The fraction of sp³-hybridized carbons (Fsp3) is 0.273. The number of nitriles is 1. The first-order chi connectivity index (χ1) is 7.69. The summed E-state index contributed by atoms with van der Waals surface area (Å²) in [5.74, 6) is -0.110. The number of fused-ring (bicyclic) bond motifs is 1. The average Bonchev–Trinajstić information content (AvgIpc) is 2.52. The molecule has 0 bridgehead atoms. The number of nitrogens with one attached hydrogen (secondary N) is 1. The Morgan fingerprint density at radius 3 is 3.00 bits per heavy atom. The summed E-state index contributed by atoms with van der Waals surface area (Å²) in [6.45, 7) is 0.0612. The summed E-state index contributed by atoms with van der Waals surface area (Å²) >= 11 is 5.90. The van der Waals surface area contributed by atoms with Gasteiger partial charge in [-0.1, -0.05) is 11.6 Å². The molecule has 4 nitrogen and oxygen atoms in total. The normalized spacial score (nSPS) is 18.4. The lowest BCUT2D eigenvalue weighted by Crippen LogP contribution is -2.33. The molecule has 0 radical (unpaired) electrons. The Kier molecular flexibility index (Phi) is 2.82. The van der Waals surface area contributed by atoms with Crippen LogP contribution in [-0.4, -0.2) is 19.5 Å². The van der Waals surface area contributed by atoms with Gasteiger partial charge in [0.15, 0.2) is 0 Å². The summed E-state index contributed by atoms with van der Waals surface area (Å²) in [6.07, 6.45) is 0. The van der Waals surface area contributed by atoms with Crippen LogP contribution in [0.2, 0.25) is 5.02 Å². The molecule has 1 amide bonds. The lowest BCUT2D eigenvalue weighted by atomic mass is 10.1. The maximum Gasteiger partial charge on any atom is 0.249 e. The van der Waals surface area contributed by atoms with Crippen molar-refractivity contribution in [1.82, 2.24) is 5.32 Å². The van der Waals surface area contributed by atoms with Gasteiger partial charge in [0.2, 0.25) is 5.91 Å². The highest BCUT2D eigenvalue weighted by Crippen LogP contribution is 2.36. The number of nitrogens with zero attached hydrogens (tertiary/aromatic N) is 2. The van der Waals surface area contributed by atoms with Crippen LogP contribution >= 0.6 is 11.6 Å². The van der Waals surface area contributed by atoms with E-state index >= 15 is 0 Å². The lowest BCUT2D eigenvalue weighted by Gasteiger charge is -2.13. The van der Waals surface area contributed by atoms with Gasteiger partial charge in [-0.25, -0.2) is 0 Å². The van der Waals surface area contributed by atoms with Gasteiger partial charge in [0.1, 0.15) is 12.6 Å². The molecule has 1 heterocycles. The van der Waals surface area contributed by atoms with E-state index in [4.69, 9.17) is 16.9 Å². The molecule has 1 unspecified atom stereocenters. The highest BCUT2D eigenvalue weighted by molar-refractivity contribution is 6.31. The number of carbonyl (C=O) groups is 1. The number of anilines is 1. The number of carbonyl (C=O) groups excluding carboxylic acids is 1. The van der Waals surface area contributed by atoms with Gasteiger partial charge < -0.3 is 5.32 Å². The molecule has 1 aliphatic heterocycles. The zero-order valence-corrected chi connectivity index (χ0v) is 9.45. The number of likely N-dealkylation sites (N-methyl/N-ethyl adjacent to an activating group) is 1. The van der Waals surface area contributed by atoms with E-state index in [9.17, 15) is 4.79 Å². The van der Waals surface area contributed by atoms with Crippen molar-refractivity contribution in [3.05, 3.63) is 28.8 Å². The van der Waals surface area contributed by atoms with Crippen LogP contribution in [0.25, 0.3) is 0 Å². The molecule has 0 saturated heterocycles. The van der Waals surface area contributed by atoms with E-state index in [1.807, 2.05) is 6.07 Å². The minimum Gasteiger partial charge on any atom is -0.305 e. The van der Waals surface area contributed by atoms with Crippen molar-refractivity contribution in [2.75, 3.05) is 18.5 Å². The van der Waals surface area contributed by atoms with Crippen molar-refractivity contribution in [3.63, 3.8) is 0 Å². The third-order valence-corrected chi connectivity index (χ3v) is 2.86. The summed E-state index contributed by atoms with van der Waals surface area (Å²) < 4.78 is 0. The second-order valence-electron chi connectivity index (χ2n) is 3.51. The van der Waals surface area contributed by atoms with Crippen molar-refractivity contribution in [1.29, 1.82) is 5.26 Å². The van der Waals surface area contributed by atoms with Gasteiger partial charge in [-0.2, -0.15) is 5.26 Å². The Hall–Kier alpha value is -1.57. The Bertz CT molecular complexity index is 481. The minimum absolute atomic E-state index is 0.0612. The second-order valence-corrected chi connectivity index (χ2v) is 3.94. The van der Waals surface area contributed by atoms with Crippen LogP contribution in [-0.2, 0) is 4.79 Å². The lowest BCUT2D eigenvalue weighted by molar-refractivity contribution is -0.119. The predicted octanol–water partition coefficient (Wildman–Crippen LogP) is 1.47. The van der Waals surface area contributed by atoms with Gasteiger partial charge in [-0.05, 0) is 25.2 Å². The van der Waals surface area contributed by atoms with E-state index in [-0.39, 0.29) is 12.5 Å². The molecule has 0 saturated carbocycles. The van der Waals surface area contributed by atoms with Gasteiger partial charge >= 0.3 is 0 Å². The van der Waals surface area contributed by atoms with Crippen LogP contribution < -0.4 is 10.2 Å². The Labute approximate surface area is 98.4 Å². The molecule has 0 aromatic heterocycles. The molecule has 1 aromatic rings. The van der Waals surface area contributed by atoms with E-state index in [1.165, 1.54) is 4.90 Å². The van der Waals surface area contributed by atoms with Gasteiger partial charge in [0.05, 0.1) is 11.8 Å². The summed E-state index contributed by atoms with van der Waals surface area (Å²) in [4.78, 5) is 13.4. The number of hydrogen-bond donors (Lipinski definition) is 1. The number of halogens is 1. The molecule has 5 heteroatoms. The zero-order chi connectivity index (χ0) is 11.7. The number of amides is 1. The van der Waals surface area contributed by atoms with Crippen LogP contribution in [0.5, 0.6) is 0 Å². The Morgan fingerprint density at radius 2 is 2.38 bits per heavy atom. The summed E-state index contributed by atoms with van der Waals surface area (Å²) in [5, 5.41) is 12.2. The van der Waals surface area contributed by atoms with Crippen molar-refractivity contribution < 1.29 is 4.79 Å². The van der Waals surface area contributed by atoms with Crippen molar-refractivity contribution in [2.45, 2.75) is 6.04 Å². The van der Waals surface area contributed by atoms with Crippen molar-refractivity contribution >= 4 is 23.2 Å². The maximum atomic E-state index is 12.0. The van der Waals surface area contributed by atoms with E-state index in [0.29, 0.717) is 5.02 Å². The monoisotopic (exact) mass is 235 g/mol. The molecule has 1 atom stereocenters. The number of rotatable bonds is 2. The van der Waals surface area contributed by atoms with Crippen LogP contribution in [0.1, 0.15) is 11.6 Å². The summed E-state index contributed by atoms with van der Waals surface area (Å²) in [6, 6.07) is 6.83. The summed E-state index contributed by atoms with van der Waals surface area (Å²) in [5.41, 5.74) is 1.59. The fourth-order valence-corrected chi connectivity index (χ4v) is 2.10. The van der Waals surface area contributed by atoms with Gasteiger partial charge in [-0.3, -0.25) is 9.69 Å². The smallest absolute Gasteiger partial charge is 0.249 e. The first-order valence-corrected chi connectivity index (χ1v) is 5.22. The van der Waals surface area contributed by atoms with Crippen LogP contribution in [0.3, 0.4) is 0 Å². The summed E-state index contributed by atoms with van der Waals surface area (Å²) in [7, 11) is 1.71. The molecule has 0 spiro atoms. The molecule has 16 heavy (non-hydrogen) atoms. The number of hydrogen-bond acceptors (Lipinski definition) is 3. The van der Waals surface area contributed by atoms with Crippen molar-refractivity contribution in [3.8, 4) is 6.07 Å². The topological polar surface area (TPSA) is 56.1 Å². The van der Waals surface area contributed by atoms with Crippen LogP contribution in [0, 0.1) is 11.3 Å². The Morgan fingerprint density at radius 1 is 1.62 bits per heavy atom. The van der Waals surface area contributed by atoms with Crippen molar-refractivity contribution in [2.24, 2.45) is 0 Å². The molecule has 1 aromatic carbocycles. The molecule has 1 N–H and O–H groups in total. The predicted molar refractivity (Wildman–Crippen MR) is 61.2 cm³/mol. The first kappa shape index (κ1) is 10.9.